The molecule has 0 unspecified atom stereocenters. The first-order chi connectivity index (χ1) is 12.5. The van der Waals surface area contributed by atoms with E-state index in [-0.39, 0.29) is 0 Å². The van der Waals surface area contributed by atoms with Crippen molar-refractivity contribution in [1.82, 2.24) is 0 Å². The molecule has 6 atom stereocenters. The van der Waals surface area contributed by atoms with Crippen LogP contribution < -0.4 is 0 Å². The predicted molar refractivity (Wildman–Crippen MR) is 100 cm³/mol. The minimum absolute atomic E-state index is 0.340. The number of allylic oxidation sites excluding steroid dienone is 3. The Morgan fingerprint density at radius 3 is 2.73 bits per heavy atom. The predicted octanol–water partition coefficient (Wildman–Crippen LogP) is 6.16. The molecule has 0 heterocycles. The minimum atomic E-state index is -1.21. The Balaban J connectivity index is 1.34. The van der Waals surface area contributed by atoms with Crippen molar-refractivity contribution in [1.29, 1.82) is 0 Å². The van der Waals surface area contributed by atoms with Gasteiger partial charge >= 0.3 is 6.16 Å². The van der Waals surface area contributed by atoms with Gasteiger partial charge in [-0.2, -0.15) is 0 Å². The van der Waals surface area contributed by atoms with E-state index in [2.05, 4.69) is 17.7 Å². The van der Waals surface area contributed by atoms with Crippen LogP contribution in [-0.4, -0.2) is 11.3 Å². The summed E-state index contributed by atoms with van der Waals surface area (Å²) in [4.78, 5) is 10.6. The van der Waals surface area contributed by atoms with E-state index in [1.165, 1.54) is 70.5 Å². The number of hydrogen-bond donors (Lipinski definition) is 1. The first kappa shape index (κ1) is 16.9. The molecule has 0 radical (unpaired) electrons. The SMILES string of the molecule is C[C@]12CC[C@H]3[C@@H](CCC4=CC5(CC[C@@H]43)CC5)[C@@H]1CC[C@H]2/C=C\OC(=O)O. The third-order valence-corrected chi connectivity index (χ3v) is 9.14. The van der Waals surface area contributed by atoms with Crippen molar-refractivity contribution in [3.63, 3.8) is 0 Å². The summed E-state index contributed by atoms with van der Waals surface area (Å²) in [6.07, 6.45) is 18.7. The smallest absolute Gasteiger partial charge is 0.449 e. The summed E-state index contributed by atoms with van der Waals surface area (Å²) in [6.45, 7) is 2.47. The fourth-order valence-electron chi connectivity index (χ4n) is 7.62. The van der Waals surface area contributed by atoms with Crippen molar-refractivity contribution in [3.05, 3.63) is 24.0 Å². The second-order valence-corrected chi connectivity index (χ2v) is 10.1. The zero-order chi connectivity index (χ0) is 17.9. The van der Waals surface area contributed by atoms with Gasteiger partial charge in [0, 0.05) is 0 Å². The number of rotatable bonds is 2. The number of ether oxygens (including phenoxy) is 1. The molecule has 0 aromatic heterocycles. The van der Waals surface area contributed by atoms with Crippen LogP contribution in [0.15, 0.2) is 24.0 Å². The molecule has 1 N–H and O–H groups in total. The molecule has 0 bridgehead atoms. The Morgan fingerprint density at radius 2 is 1.96 bits per heavy atom. The van der Waals surface area contributed by atoms with Crippen LogP contribution in [0.2, 0.25) is 0 Å². The van der Waals surface area contributed by atoms with E-state index in [1.54, 1.807) is 0 Å². The van der Waals surface area contributed by atoms with Crippen LogP contribution in [0.3, 0.4) is 0 Å². The molecule has 1 spiro atoms. The summed E-state index contributed by atoms with van der Waals surface area (Å²) in [5.41, 5.74) is 2.82. The van der Waals surface area contributed by atoms with Gasteiger partial charge in [-0.25, -0.2) is 4.79 Å². The van der Waals surface area contributed by atoms with Crippen molar-refractivity contribution in [2.75, 3.05) is 0 Å². The lowest BCUT2D eigenvalue weighted by atomic mass is 9.51. The Kier molecular flexibility index (Phi) is 3.82. The van der Waals surface area contributed by atoms with Crippen molar-refractivity contribution in [2.45, 2.75) is 71.1 Å². The molecule has 3 nitrogen and oxygen atoms in total. The number of hydrogen-bond acceptors (Lipinski definition) is 2. The molecule has 4 saturated carbocycles. The second kappa shape index (κ2) is 5.87. The summed E-state index contributed by atoms with van der Waals surface area (Å²) < 4.78 is 4.66. The van der Waals surface area contributed by atoms with Gasteiger partial charge in [0.05, 0.1) is 6.26 Å². The van der Waals surface area contributed by atoms with Crippen LogP contribution in [0.5, 0.6) is 0 Å². The molecular formula is C23H32O3. The standard InChI is InChI=1S/C23H32O3/c1-22-9-6-18-17-7-10-23(11-12-23)14-15(17)2-4-19(18)20(22)5-3-16(22)8-13-26-21(24)25/h8,13-14,16-20H,2-7,9-12H2,1H3,(H,24,25)/b13-8-/t16-,17-,18+,19+,20-,22+/m0/s1. The summed E-state index contributed by atoms with van der Waals surface area (Å²) in [5, 5.41) is 8.71. The highest BCUT2D eigenvalue weighted by Gasteiger charge is 2.56. The molecule has 4 fully saturated rings. The zero-order valence-corrected chi connectivity index (χ0v) is 16.0. The molecule has 5 aliphatic carbocycles. The fourth-order valence-corrected chi connectivity index (χ4v) is 7.62. The summed E-state index contributed by atoms with van der Waals surface area (Å²) in [5.74, 6) is 3.99. The van der Waals surface area contributed by atoms with E-state index in [4.69, 9.17) is 5.11 Å². The van der Waals surface area contributed by atoms with Gasteiger partial charge in [0.2, 0.25) is 0 Å². The summed E-state index contributed by atoms with van der Waals surface area (Å²) in [7, 11) is 0. The first-order valence-electron chi connectivity index (χ1n) is 10.8. The van der Waals surface area contributed by atoms with Crippen LogP contribution in [-0.2, 0) is 4.74 Å². The topological polar surface area (TPSA) is 46.5 Å². The molecular weight excluding hydrogens is 324 g/mol. The van der Waals surface area contributed by atoms with Gasteiger partial charge in [0.15, 0.2) is 0 Å². The van der Waals surface area contributed by atoms with Gasteiger partial charge in [-0.15, -0.1) is 0 Å². The Morgan fingerprint density at radius 1 is 1.12 bits per heavy atom. The van der Waals surface area contributed by atoms with Crippen LogP contribution in [0.4, 0.5) is 4.79 Å². The average Bonchev–Trinajstić information content (AvgIpc) is 3.27. The molecule has 5 rings (SSSR count). The highest BCUT2D eigenvalue weighted by molar-refractivity contribution is 5.57. The molecule has 0 aliphatic heterocycles. The molecule has 0 aromatic rings. The van der Waals surface area contributed by atoms with E-state index in [9.17, 15) is 4.79 Å². The number of carbonyl (C=O) groups is 1. The lowest BCUT2D eigenvalue weighted by Gasteiger charge is -2.54. The lowest BCUT2D eigenvalue weighted by molar-refractivity contribution is -0.0153. The van der Waals surface area contributed by atoms with Crippen LogP contribution in [0, 0.1) is 40.4 Å². The van der Waals surface area contributed by atoms with E-state index < -0.39 is 6.16 Å². The van der Waals surface area contributed by atoms with Crippen LogP contribution >= 0.6 is 0 Å². The quantitative estimate of drug-likeness (QED) is 0.366. The Bertz CT molecular complexity index is 658. The van der Waals surface area contributed by atoms with Crippen molar-refractivity contribution >= 4 is 6.16 Å². The zero-order valence-electron chi connectivity index (χ0n) is 16.0. The third-order valence-electron chi connectivity index (χ3n) is 9.14. The van der Waals surface area contributed by atoms with Gasteiger partial charge in [0.1, 0.15) is 0 Å². The van der Waals surface area contributed by atoms with Gasteiger partial charge in [-0.05, 0) is 111 Å². The van der Waals surface area contributed by atoms with Crippen molar-refractivity contribution < 1.29 is 14.6 Å². The molecule has 142 valence electrons. The van der Waals surface area contributed by atoms with E-state index in [0.29, 0.717) is 16.7 Å². The van der Waals surface area contributed by atoms with Crippen LogP contribution in [0.1, 0.15) is 71.1 Å². The van der Waals surface area contributed by atoms with Gasteiger partial charge in [0.25, 0.3) is 0 Å². The monoisotopic (exact) mass is 356 g/mol. The first-order valence-corrected chi connectivity index (χ1v) is 10.8. The number of fused-ring (bicyclic) bond motifs is 5. The summed E-state index contributed by atoms with van der Waals surface area (Å²) >= 11 is 0. The minimum Gasteiger partial charge on any atom is -0.449 e. The normalized spacial score (nSPS) is 45.6. The second-order valence-electron chi connectivity index (χ2n) is 10.1. The van der Waals surface area contributed by atoms with E-state index >= 15 is 0 Å². The van der Waals surface area contributed by atoms with Crippen molar-refractivity contribution in [3.8, 4) is 0 Å². The van der Waals surface area contributed by atoms with E-state index in [0.717, 1.165) is 23.7 Å². The maximum Gasteiger partial charge on any atom is 0.510 e. The maximum atomic E-state index is 10.6. The van der Waals surface area contributed by atoms with Gasteiger partial charge in [-0.1, -0.05) is 18.6 Å². The largest absolute Gasteiger partial charge is 0.510 e. The highest BCUT2D eigenvalue weighted by atomic mass is 16.7. The molecule has 0 aromatic carbocycles. The average molecular weight is 357 g/mol. The lowest BCUT2D eigenvalue weighted by Crippen LogP contribution is -2.46. The van der Waals surface area contributed by atoms with Gasteiger partial charge < -0.3 is 9.84 Å². The number of carboxylic acid groups (broad SMARTS) is 1. The van der Waals surface area contributed by atoms with Crippen molar-refractivity contribution in [2.24, 2.45) is 40.4 Å². The molecule has 3 heteroatoms. The molecule has 5 aliphatic rings. The van der Waals surface area contributed by atoms with Crippen LogP contribution in [0.25, 0.3) is 0 Å². The molecule has 0 amide bonds. The van der Waals surface area contributed by atoms with E-state index in [1.807, 2.05) is 11.6 Å². The summed E-state index contributed by atoms with van der Waals surface area (Å²) in [6, 6.07) is 0. The highest BCUT2D eigenvalue weighted by Crippen LogP contribution is 2.66. The third kappa shape index (κ3) is 2.57. The Hall–Kier alpha value is -1.25. The Labute approximate surface area is 156 Å². The maximum absolute atomic E-state index is 10.6. The van der Waals surface area contributed by atoms with Gasteiger partial charge in [-0.3, -0.25) is 0 Å². The molecule has 26 heavy (non-hydrogen) atoms. The fraction of sp³-hybridized carbons (Fsp3) is 0.783. The molecule has 0 saturated heterocycles.